The van der Waals surface area contributed by atoms with E-state index in [2.05, 4.69) is 20.4 Å². The van der Waals surface area contributed by atoms with E-state index in [-0.39, 0.29) is 11.9 Å². The van der Waals surface area contributed by atoms with Crippen LogP contribution in [0.25, 0.3) is 10.9 Å². The van der Waals surface area contributed by atoms with Crippen molar-refractivity contribution in [1.29, 1.82) is 0 Å². The molecule has 2 aromatic rings. The summed E-state index contributed by atoms with van der Waals surface area (Å²) < 4.78 is 10.7. The van der Waals surface area contributed by atoms with Gasteiger partial charge < -0.3 is 14.8 Å². The highest BCUT2D eigenvalue weighted by atomic mass is 16.5. The third-order valence-electron chi connectivity index (χ3n) is 5.27. The molecule has 25 heavy (non-hydrogen) atoms. The molecule has 2 aliphatic heterocycles. The second-order valence-corrected chi connectivity index (χ2v) is 6.71. The van der Waals surface area contributed by atoms with Crippen LogP contribution in [0.2, 0.25) is 0 Å². The van der Waals surface area contributed by atoms with Gasteiger partial charge in [-0.1, -0.05) is 0 Å². The number of aromatic nitrogens is 2. The highest BCUT2D eigenvalue weighted by molar-refractivity contribution is 6.02. The van der Waals surface area contributed by atoms with Crippen LogP contribution in [-0.2, 0) is 9.53 Å². The molecule has 3 heterocycles. The van der Waals surface area contributed by atoms with Crippen LogP contribution in [0.5, 0.6) is 5.75 Å². The maximum absolute atomic E-state index is 12.9. The number of H-pyrrole nitrogens is 1. The lowest BCUT2D eigenvalue weighted by atomic mass is 10.1. The predicted octanol–water partition coefficient (Wildman–Crippen LogP) is 2.15. The van der Waals surface area contributed by atoms with E-state index in [0.717, 1.165) is 62.1 Å². The third-order valence-corrected chi connectivity index (χ3v) is 5.27. The van der Waals surface area contributed by atoms with Crippen LogP contribution >= 0.6 is 0 Å². The average molecular weight is 344 g/mol. The molecule has 0 radical (unpaired) electrons. The Labute approximate surface area is 146 Å². The fourth-order valence-corrected chi connectivity index (χ4v) is 3.95. The number of amides is 1. The van der Waals surface area contributed by atoms with Gasteiger partial charge in [0.2, 0.25) is 5.91 Å². The summed E-state index contributed by atoms with van der Waals surface area (Å²) in [5.74, 6) is 1.38. The molecule has 2 fully saturated rings. The third kappa shape index (κ3) is 3.21. The molecule has 0 spiro atoms. The molecule has 1 aromatic carbocycles. The van der Waals surface area contributed by atoms with Crippen molar-refractivity contribution in [1.82, 2.24) is 15.1 Å². The molecular formula is C18H24N4O3. The number of nitrogens with one attached hydrogen (secondary N) is 2. The standard InChI is InChI=1S/C18H24N4O3/c1-24-13-4-5-14-15(11-13)20-21-17(14)19-18(23)16-3-2-8-22(16)12-6-9-25-10-7-12/h4-5,11-12,16H,2-3,6-10H2,1H3,(H2,19,20,21,23)/t16-/m1/s1. The van der Waals surface area contributed by atoms with E-state index in [1.54, 1.807) is 7.11 Å². The second kappa shape index (κ2) is 7.01. The number of rotatable bonds is 4. The minimum atomic E-state index is -0.0758. The van der Waals surface area contributed by atoms with Crippen molar-refractivity contribution >= 4 is 22.6 Å². The first-order valence-electron chi connectivity index (χ1n) is 8.93. The number of carbonyl (C=O) groups is 1. The van der Waals surface area contributed by atoms with Gasteiger partial charge in [0.15, 0.2) is 5.82 Å². The van der Waals surface area contributed by atoms with Crippen molar-refractivity contribution < 1.29 is 14.3 Å². The first kappa shape index (κ1) is 16.4. The minimum Gasteiger partial charge on any atom is -0.497 e. The van der Waals surface area contributed by atoms with E-state index < -0.39 is 0 Å². The molecule has 2 saturated heterocycles. The van der Waals surface area contributed by atoms with Crippen LogP contribution in [0.15, 0.2) is 18.2 Å². The topological polar surface area (TPSA) is 79.5 Å². The SMILES string of the molecule is COc1ccc2c(NC(=O)[C@H]3CCCN3C3CCOCC3)n[nH]c2c1. The molecule has 0 unspecified atom stereocenters. The molecule has 7 nitrogen and oxygen atoms in total. The Morgan fingerprint density at radius 2 is 2.20 bits per heavy atom. The van der Waals surface area contributed by atoms with Gasteiger partial charge in [0.05, 0.1) is 18.7 Å². The zero-order chi connectivity index (χ0) is 17.2. The Bertz CT molecular complexity index is 754. The van der Waals surface area contributed by atoms with Crippen molar-refractivity contribution in [2.24, 2.45) is 0 Å². The van der Waals surface area contributed by atoms with Crippen molar-refractivity contribution in [2.75, 3.05) is 32.2 Å². The van der Waals surface area contributed by atoms with Gasteiger partial charge in [-0.3, -0.25) is 14.8 Å². The lowest BCUT2D eigenvalue weighted by Gasteiger charge is -2.34. The molecule has 1 atom stereocenters. The number of methoxy groups -OCH3 is 1. The molecular weight excluding hydrogens is 320 g/mol. The predicted molar refractivity (Wildman–Crippen MR) is 94.8 cm³/mol. The summed E-state index contributed by atoms with van der Waals surface area (Å²) in [6, 6.07) is 6.04. The number of fused-ring (bicyclic) bond motifs is 1. The molecule has 4 rings (SSSR count). The van der Waals surface area contributed by atoms with Crippen molar-refractivity contribution in [3.63, 3.8) is 0 Å². The number of hydrogen-bond donors (Lipinski definition) is 2. The number of ether oxygens (including phenoxy) is 2. The van der Waals surface area contributed by atoms with E-state index in [0.29, 0.717) is 11.9 Å². The van der Waals surface area contributed by atoms with E-state index >= 15 is 0 Å². The molecule has 0 bridgehead atoms. The lowest BCUT2D eigenvalue weighted by Crippen LogP contribution is -2.47. The van der Waals surface area contributed by atoms with Crippen LogP contribution in [0.4, 0.5) is 5.82 Å². The number of benzene rings is 1. The number of hydrogen-bond acceptors (Lipinski definition) is 5. The Kier molecular flexibility index (Phi) is 4.59. The molecule has 2 aliphatic rings. The number of carbonyl (C=O) groups excluding carboxylic acids is 1. The molecule has 1 aromatic heterocycles. The molecule has 134 valence electrons. The zero-order valence-corrected chi connectivity index (χ0v) is 14.5. The zero-order valence-electron chi connectivity index (χ0n) is 14.5. The number of anilines is 1. The highest BCUT2D eigenvalue weighted by Crippen LogP contribution is 2.28. The van der Waals surface area contributed by atoms with Gasteiger partial charge in [0.25, 0.3) is 0 Å². The van der Waals surface area contributed by atoms with E-state index in [4.69, 9.17) is 9.47 Å². The summed E-state index contributed by atoms with van der Waals surface area (Å²) >= 11 is 0. The van der Waals surface area contributed by atoms with Gasteiger partial charge in [-0.05, 0) is 44.4 Å². The molecule has 0 saturated carbocycles. The largest absolute Gasteiger partial charge is 0.497 e. The first-order valence-corrected chi connectivity index (χ1v) is 8.93. The molecule has 2 N–H and O–H groups in total. The molecule has 0 aliphatic carbocycles. The normalized spacial score (nSPS) is 22.4. The number of aromatic amines is 1. The summed E-state index contributed by atoms with van der Waals surface area (Å²) in [6.45, 7) is 2.57. The average Bonchev–Trinajstić information content (AvgIpc) is 3.29. The monoisotopic (exact) mass is 344 g/mol. The quantitative estimate of drug-likeness (QED) is 0.888. The fourth-order valence-electron chi connectivity index (χ4n) is 3.95. The van der Waals surface area contributed by atoms with Crippen LogP contribution in [0.1, 0.15) is 25.7 Å². The maximum Gasteiger partial charge on any atom is 0.242 e. The van der Waals surface area contributed by atoms with Gasteiger partial charge >= 0.3 is 0 Å². The Morgan fingerprint density at radius 1 is 1.36 bits per heavy atom. The van der Waals surface area contributed by atoms with Crippen LogP contribution < -0.4 is 10.1 Å². The van der Waals surface area contributed by atoms with Crippen LogP contribution in [0, 0.1) is 0 Å². The smallest absolute Gasteiger partial charge is 0.242 e. The Balaban J connectivity index is 1.49. The molecule has 1 amide bonds. The number of likely N-dealkylation sites (tertiary alicyclic amines) is 1. The summed E-state index contributed by atoms with van der Waals surface area (Å²) in [5.41, 5.74) is 0.849. The second-order valence-electron chi connectivity index (χ2n) is 6.71. The van der Waals surface area contributed by atoms with E-state index in [1.807, 2.05) is 18.2 Å². The van der Waals surface area contributed by atoms with Crippen LogP contribution in [0.3, 0.4) is 0 Å². The van der Waals surface area contributed by atoms with Crippen molar-refractivity contribution in [3.8, 4) is 5.75 Å². The van der Waals surface area contributed by atoms with Crippen molar-refractivity contribution in [3.05, 3.63) is 18.2 Å². The van der Waals surface area contributed by atoms with E-state index in [9.17, 15) is 4.79 Å². The van der Waals surface area contributed by atoms with Gasteiger partial charge in [0.1, 0.15) is 5.75 Å². The van der Waals surface area contributed by atoms with E-state index in [1.165, 1.54) is 0 Å². The van der Waals surface area contributed by atoms with Crippen molar-refractivity contribution in [2.45, 2.75) is 37.8 Å². The van der Waals surface area contributed by atoms with Gasteiger partial charge in [-0.25, -0.2) is 0 Å². The Morgan fingerprint density at radius 3 is 3.00 bits per heavy atom. The highest BCUT2D eigenvalue weighted by Gasteiger charge is 2.36. The van der Waals surface area contributed by atoms with Gasteiger partial charge in [-0.2, -0.15) is 5.10 Å². The summed E-state index contributed by atoms with van der Waals surface area (Å²) in [7, 11) is 1.63. The van der Waals surface area contributed by atoms with Gasteiger partial charge in [-0.15, -0.1) is 0 Å². The summed E-state index contributed by atoms with van der Waals surface area (Å²) in [4.78, 5) is 15.2. The first-order chi connectivity index (χ1) is 12.3. The van der Waals surface area contributed by atoms with Gasteiger partial charge in [0, 0.05) is 30.7 Å². The maximum atomic E-state index is 12.9. The lowest BCUT2D eigenvalue weighted by molar-refractivity contribution is -0.121. The summed E-state index contributed by atoms with van der Waals surface area (Å²) in [5, 5.41) is 11.1. The Hall–Kier alpha value is -2.12. The fraction of sp³-hybridized carbons (Fsp3) is 0.556. The molecule has 7 heteroatoms. The minimum absolute atomic E-state index is 0.0354. The van der Waals surface area contributed by atoms with Crippen LogP contribution in [-0.4, -0.2) is 60.0 Å². The number of nitrogens with zero attached hydrogens (tertiary/aromatic N) is 2. The summed E-state index contributed by atoms with van der Waals surface area (Å²) in [6.07, 6.45) is 3.98.